The van der Waals surface area contributed by atoms with Gasteiger partial charge in [-0.05, 0) is 19.1 Å². The van der Waals surface area contributed by atoms with Crippen molar-refractivity contribution in [3.05, 3.63) is 30.6 Å². The van der Waals surface area contributed by atoms with E-state index in [1.54, 1.807) is 11.8 Å². The Morgan fingerprint density at radius 1 is 1.33 bits per heavy atom. The minimum Gasteiger partial charge on any atom is -0.465 e. The number of hydrogen-bond donors (Lipinski definition) is 0. The Balaban J connectivity index is 2.27. The van der Waals surface area contributed by atoms with Crippen LogP contribution in [-0.4, -0.2) is 36.1 Å². The highest BCUT2D eigenvalue weighted by Crippen LogP contribution is 2.21. The van der Waals surface area contributed by atoms with Crippen LogP contribution in [-0.2, 0) is 9.53 Å². The third-order valence-electron chi connectivity index (χ3n) is 2.55. The molecule has 0 saturated heterocycles. The molecule has 0 aliphatic rings. The molecule has 5 heteroatoms. The number of fused-ring (bicyclic) bond motifs is 1. The molecule has 1 aromatic heterocycles. The van der Waals surface area contributed by atoms with Gasteiger partial charge in [0.25, 0.3) is 0 Å². The van der Waals surface area contributed by atoms with Gasteiger partial charge in [-0.1, -0.05) is 12.1 Å². The molecule has 94 valence electrons. The van der Waals surface area contributed by atoms with E-state index in [1.807, 2.05) is 31.3 Å². The summed E-state index contributed by atoms with van der Waals surface area (Å²) in [5.74, 6) is 0.469. The lowest BCUT2D eigenvalue weighted by atomic mass is 10.2. The predicted octanol–water partition coefficient (Wildman–Crippen LogP) is 1.63. The second-order valence-electron chi connectivity index (χ2n) is 3.88. The highest BCUT2D eigenvalue weighted by molar-refractivity contribution is 5.90. The maximum Gasteiger partial charge on any atom is 0.325 e. The van der Waals surface area contributed by atoms with Gasteiger partial charge in [-0.25, -0.2) is 9.97 Å². The van der Waals surface area contributed by atoms with Crippen LogP contribution >= 0.6 is 0 Å². The minimum absolute atomic E-state index is 0.175. The summed E-state index contributed by atoms with van der Waals surface area (Å²) in [7, 11) is 1.81. The van der Waals surface area contributed by atoms with Gasteiger partial charge in [-0.3, -0.25) is 4.79 Å². The summed E-state index contributed by atoms with van der Waals surface area (Å²) in [4.78, 5) is 21.6. The molecular formula is C13H15N3O2. The standard InChI is InChI=1S/C13H15N3O2/c1-3-18-12(17)8-16(2)13-10-6-4-5-7-11(10)14-9-15-13/h4-7,9H,3,8H2,1-2H3. The van der Waals surface area contributed by atoms with Crippen LogP contribution in [0.25, 0.3) is 10.9 Å². The van der Waals surface area contributed by atoms with Gasteiger partial charge in [0, 0.05) is 12.4 Å². The molecule has 0 unspecified atom stereocenters. The summed E-state index contributed by atoms with van der Waals surface area (Å²) in [5.41, 5.74) is 0.859. The zero-order chi connectivity index (χ0) is 13.0. The summed E-state index contributed by atoms with van der Waals surface area (Å²) < 4.78 is 4.92. The monoisotopic (exact) mass is 245 g/mol. The van der Waals surface area contributed by atoms with Crippen LogP contribution in [0.3, 0.4) is 0 Å². The van der Waals surface area contributed by atoms with Gasteiger partial charge in [0.05, 0.1) is 12.1 Å². The van der Waals surface area contributed by atoms with E-state index in [1.165, 1.54) is 6.33 Å². The first-order valence-corrected chi connectivity index (χ1v) is 5.79. The Bertz CT molecular complexity index is 551. The fourth-order valence-electron chi connectivity index (χ4n) is 1.77. The van der Waals surface area contributed by atoms with E-state index in [0.29, 0.717) is 6.61 Å². The molecule has 0 aliphatic heterocycles. The Morgan fingerprint density at radius 3 is 2.89 bits per heavy atom. The number of para-hydroxylation sites is 1. The summed E-state index contributed by atoms with van der Waals surface area (Å²) in [6, 6.07) is 7.70. The zero-order valence-electron chi connectivity index (χ0n) is 10.5. The average Bonchev–Trinajstić information content (AvgIpc) is 2.38. The second kappa shape index (κ2) is 5.44. The van der Waals surface area contributed by atoms with Crippen molar-refractivity contribution in [2.45, 2.75) is 6.92 Å². The lowest BCUT2D eigenvalue weighted by molar-refractivity contribution is -0.141. The minimum atomic E-state index is -0.261. The maximum absolute atomic E-state index is 11.5. The lowest BCUT2D eigenvalue weighted by Crippen LogP contribution is -2.28. The fraction of sp³-hybridized carbons (Fsp3) is 0.308. The predicted molar refractivity (Wildman–Crippen MR) is 69.4 cm³/mol. The van der Waals surface area contributed by atoms with Crippen molar-refractivity contribution in [2.24, 2.45) is 0 Å². The Hall–Kier alpha value is -2.17. The van der Waals surface area contributed by atoms with Crippen molar-refractivity contribution in [3.8, 4) is 0 Å². The van der Waals surface area contributed by atoms with Crippen molar-refractivity contribution in [1.82, 2.24) is 9.97 Å². The number of rotatable bonds is 4. The number of carbonyl (C=O) groups excluding carboxylic acids is 1. The van der Waals surface area contributed by atoms with Crippen LogP contribution in [0.5, 0.6) is 0 Å². The molecule has 0 atom stereocenters. The van der Waals surface area contributed by atoms with E-state index >= 15 is 0 Å². The Kier molecular flexibility index (Phi) is 3.72. The molecule has 0 radical (unpaired) electrons. The van der Waals surface area contributed by atoms with Gasteiger partial charge < -0.3 is 9.64 Å². The first kappa shape index (κ1) is 12.3. The number of likely N-dealkylation sites (N-methyl/N-ethyl adjacent to an activating group) is 1. The number of carbonyl (C=O) groups is 1. The van der Waals surface area contributed by atoms with Gasteiger partial charge in [-0.15, -0.1) is 0 Å². The van der Waals surface area contributed by atoms with E-state index < -0.39 is 0 Å². The van der Waals surface area contributed by atoms with Crippen LogP contribution < -0.4 is 4.90 Å². The number of ether oxygens (including phenoxy) is 1. The molecule has 1 aromatic carbocycles. The summed E-state index contributed by atoms with van der Waals surface area (Å²) in [6.45, 7) is 2.35. The number of esters is 1. The molecule has 0 amide bonds. The van der Waals surface area contributed by atoms with Gasteiger partial charge >= 0.3 is 5.97 Å². The van der Waals surface area contributed by atoms with E-state index in [4.69, 9.17) is 4.74 Å². The molecule has 0 spiro atoms. The second-order valence-corrected chi connectivity index (χ2v) is 3.88. The number of anilines is 1. The van der Waals surface area contributed by atoms with E-state index in [9.17, 15) is 4.79 Å². The first-order valence-electron chi connectivity index (χ1n) is 5.79. The number of aromatic nitrogens is 2. The van der Waals surface area contributed by atoms with Crippen LogP contribution in [0, 0.1) is 0 Å². The highest BCUT2D eigenvalue weighted by Gasteiger charge is 2.12. The molecule has 0 fully saturated rings. The fourth-order valence-corrected chi connectivity index (χ4v) is 1.77. The topological polar surface area (TPSA) is 55.3 Å². The summed E-state index contributed by atoms with van der Waals surface area (Å²) in [6.07, 6.45) is 1.50. The third-order valence-corrected chi connectivity index (χ3v) is 2.55. The molecule has 5 nitrogen and oxygen atoms in total. The summed E-state index contributed by atoms with van der Waals surface area (Å²) >= 11 is 0. The molecule has 1 heterocycles. The third kappa shape index (κ3) is 2.56. The van der Waals surface area contributed by atoms with Crippen molar-refractivity contribution in [3.63, 3.8) is 0 Å². The van der Waals surface area contributed by atoms with Crippen LogP contribution in [0.15, 0.2) is 30.6 Å². The van der Waals surface area contributed by atoms with Crippen molar-refractivity contribution in [2.75, 3.05) is 25.1 Å². The smallest absolute Gasteiger partial charge is 0.325 e. The highest BCUT2D eigenvalue weighted by atomic mass is 16.5. The maximum atomic E-state index is 11.5. The number of benzene rings is 1. The SMILES string of the molecule is CCOC(=O)CN(C)c1ncnc2ccccc12. The van der Waals surface area contributed by atoms with E-state index in [2.05, 4.69) is 9.97 Å². The van der Waals surface area contributed by atoms with E-state index in [0.717, 1.165) is 16.7 Å². The lowest BCUT2D eigenvalue weighted by Gasteiger charge is -2.18. The molecule has 0 aliphatic carbocycles. The Morgan fingerprint density at radius 2 is 2.11 bits per heavy atom. The van der Waals surface area contributed by atoms with Crippen molar-refractivity contribution >= 4 is 22.7 Å². The van der Waals surface area contributed by atoms with Gasteiger partial charge in [0.15, 0.2) is 0 Å². The first-order chi connectivity index (χ1) is 8.72. The van der Waals surface area contributed by atoms with Crippen LogP contribution in [0.1, 0.15) is 6.92 Å². The van der Waals surface area contributed by atoms with Gasteiger partial charge in [0.2, 0.25) is 0 Å². The molecule has 2 rings (SSSR count). The molecule has 0 saturated carbocycles. The van der Waals surface area contributed by atoms with Gasteiger partial charge in [-0.2, -0.15) is 0 Å². The molecule has 2 aromatic rings. The molecular weight excluding hydrogens is 230 g/mol. The Labute approximate surface area is 105 Å². The molecule has 18 heavy (non-hydrogen) atoms. The van der Waals surface area contributed by atoms with Gasteiger partial charge in [0.1, 0.15) is 18.7 Å². The normalized spacial score (nSPS) is 10.3. The van der Waals surface area contributed by atoms with Crippen LogP contribution in [0.4, 0.5) is 5.82 Å². The summed E-state index contributed by atoms with van der Waals surface area (Å²) in [5, 5.41) is 0.923. The molecule has 0 N–H and O–H groups in total. The zero-order valence-corrected chi connectivity index (χ0v) is 10.5. The largest absolute Gasteiger partial charge is 0.465 e. The molecule has 0 bridgehead atoms. The number of nitrogens with zero attached hydrogens (tertiary/aromatic N) is 3. The van der Waals surface area contributed by atoms with Crippen molar-refractivity contribution < 1.29 is 9.53 Å². The average molecular weight is 245 g/mol. The quantitative estimate of drug-likeness (QED) is 0.766. The van der Waals surface area contributed by atoms with Crippen molar-refractivity contribution in [1.29, 1.82) is 0 Å². The van der Waals surface area contributed by atoms with Crippen LogP contribution in [0.2, 0.25) is 0 Å². The number of hydrogen-bond acceptors (Lipinski definition) is 5. The van der Waals surface area contributed by atoms with E-state index in [-0.39, 0.29) is 12.5 Å².